The van der Waals surface area contributed by atoms with E-state index in [4.69, 9.17) is 14.6 Å². The van der Waals surface area contributed by atoms with E-state index >= 15 is 0 Å². The zero-order chi connectivity index (χ0) is 13.8. The zero-order valence-corrected chi connectivity index (χ0v) is 10.4. The number of aromatic amines is 1. The number of ether oxygens (including phenoxy) is 2. The van der Waals surface area contributed by atoms with Gasteiger partial charge in [-0.2, -0.15) is 5.10 Å². The molecule has 2 rings (SSSR count). The molecule has 0 unspecified atom stereocenters. The predicted octanol–water partition coefficient (Wildman–Crippen LogP) is 1.87. The van der Waals surface area contributed by atoms with Crippen LogP contribution in [0.3, 0.4) is 0 Å². The highest BCUT2D eigenvalue weighted by atomic mass is 16.5. The Morgan fingerprint density at radius 2 is 2.00 bits per heavy atom. The molecule has 0 fully saturated rings. The van der Waals surface area contributed by atoms with Crippen LogP contribution >= 0.6 is 0 Å². The van der Waals surface area contributed by atoms with E-state index in [9.17, 15) is 4.79 Å². The third-order valence-corrected chi connectivity index (χ3v) is 2.46. The number of carboxylic acids is 1. The number of aromatic nitrogens is 2. The Labute approximate surface area is 109 Å². The van der Waals surface area contributed by atoms with Crippen molar-refractivity contribution < 1.29 is 19.4 Å². The molecule has 1 heterocycles. The van der Waals surface area contributed by atoms with Crippen molar-refractivity contribution in [1.82, 2.24) is 10.2 Å². The monoisotopic (exact) mass is 263 g/mol. The van der Waals surface area contributed by atoms with Gasteiger partial charge in [-0.1, -0.05) is 0 Å². The lowest BCUT2D eigenvalue weighted by Crippen LogP contribution is -1.95. The lowest BCUT2D eigenvalue weighted by Gasteiger charge is -2.09. The van der Waals surface area contributed by atoms with Crippen molar-refractivity contribution in [1.29, 1.82) is 0 Å². The van der Waals surface area contributed by atoms with E-state index in [2.05, 4.69) is 15.5 Å². The summed E-state index contributed by atoms with van der Waals surface area (Å²) in [5, 5.41) is 18.0. The van der Waals surface area contributed by atoms with E-state index in [-0.39, 0.29) is 5.69 Å². The van der Waals surface area contributed by atoms with Gasteiger partial charge in [-0.25, -0.2) is 4.79 Å². The average molecular weight is 263 g/mol. The summed E-state index contributed by atoms with van der Waals surface area (Å²) in [6, 6.07) is 6.65. The summed E-state index contributed by atoms with van der Waals surface area (Å²) in [6.07, 6.45) is 0. The van der Waals surface area contributed by atoms with Crippen molar-refractivity contribution in [2.45, 2.75) is 0 Å². The molecule has 1 aromatic heterocycles. The van der Waals surface area contributed by atoms with Gasteiger partial charge in [-0.15, -0.1) is 0 Å². The highest BCUT2D eigenvalue weighted by molar-refractivity contribution is 5.86. The maximum Gasteiger partial charge on any atom is 0.353 e. The number of carboxylic acid groups (broad SMARTS) is 1. The van der Waals surface area contributed by atoms with E-state index in [0.29, 0.717) is 23.0 Å². The minimum absolute atomic E-state index is 0.0166. The number of aromatic carboxylic acids is 1. The molecule has 3 N–H and O–H groups in total. The molecule has 0 aliphatic heterocycles. The topological polar surface area (TPSA) is 96.5 Å². The van der Waals surface area contributed by atoms with Crippen molar-refractivity contribution in [3.63, 3.8) is 0 Å². The van der Waals surface area contributed by atoms with Gasteiger partial charge < -0.3 is 19.9 Å². The largest absolute Gasteiger partial charge is 0.493 e. The van der Waals surface area contributed by atoms with Crippen LogP contribution in [0.2, 0.25) is 0 Å². The fraction of sp³-hybridized carbons (Fsp3) is 0.167. The van der Waals surface area contributed by atoms with Crippen LogP contribution in [0, 0.1) is 0 Å². The van der Waals surface area contributed by atoms with E-state index in [1.165, 1.54) is 6.07 Å². The first-order valence-electron chi connectivity index (χ1n) is 5.42. The van der Waals surface area contributed by atoms with Gasteiger partial charge in [0.2, 0.25) is 0 Å². The van der Waals surface area contributed by atoms with Crippen molar-refractivity contribution >= 4 is 17.5 Å². The van der Waals surface area contributed by atoms with E-state index in [0.717, 1.165) is 0 Å². The van der Waals surface area contributed by atoms with E-state index < -0.39 is 5.97 Å². The normalized spacial score (nSPS) is 10.0. The molecule has 0 aliphatic rings. The lowest BCUT2D eigenvalue weighted by atomic mass is 10.2. The van der Waals surface area contributed by atoms with Gasteiger partial charge in [0.1, 0.15) is 5.69 Å². The minimum Gasteiger partial charge on any atom is -0.493 e. The fourth-order valence-corrected chi connectivity index (χ4v) is 1.56. The Hall–Kier alpha value is -2.70. The number of hydrogen-bond acceptors (Lipinski definition) is 5. The maximum absolute atomic E-state index is 10.7. The molecule has 0 aliphatic carbocycles. The van der Waals surface area contributed by atoms with Crippen LogP contribution in [0.1, 0.15) is 10.5 Å². The highest BCUT2D eigenvalue weighted by Gasteiger charge is 2.09. The minimum atomic E-state index is -1.06. The molecule has 0 radical (unpaired) electrons. The number of rotatable bonds is 5. The third-order valence-electron chi connectivity index (χ3n) is 2.46. The lowest BCUT2D eigenvalue weighted by molar-refractivity contribution is 0.0690. The quantitative estimate of drug-likeness (QED) is 0.762. The molecule has 100 valence electrons. The number of carbonyl (C=O) groups is 1. The molecule has 0 saturated carbocycles. The maximum atomic E-state index is 10.7. The van der Waals surface area contributed by atoms with Crippen LogP contribution in [0.25, 0.3) is 0 Å². The standard InChI is InChI=1S/C12H13N3O4/c1-18-9-4-3-7(5-10(9)19-2)13-11-6-8(12(16)17)14-15-11/h3-6H,1-2H3,(H,16,17)(H2,13,14,15). The average Bonchev–Trinajstić information content (AvgIpc) is 2.87. The predicted molar refractivity (Wildman–Crippen MR) is 68.4 cm³/mol. The molecule has 19 heavy (non-hydrogen) atoms. The molecular weight excluding hydrogens is 250 g/mol. The second kappa shape index (κ2) is 5.30. The molecule has 0 amide bonds. The molecule has 7 heteroatoms. The number of hydrogen-bond donors (Lipinski definition) is 3. The van der Waals surface area contributed by atoms with Gasteiger partial charge in [0.15, 0.2) is 17.3 Å². The summed E-state index contributed by atoms with van der Waals surface area (Å²) in [6.45, 7) is 0. The molecule has 0 bridgehead atoms. The molecule has 2 aromatic rings. The van der Waals surface area contributed by atoms with Gasteiger partial charge in [0.05, 0.1) is 14.2 Å². The number of methoxy groups -OCH3 is 2. The first kappa shape index (κ1) is 12.7. The van der Waals surface area contributed by atoms with Crippen molar-refractivity contribution in [3.05, 3.63) is 30.0 Å². The second-order valence-electron chi connectivity index (χ2n) is 3.67. The summed E-state index contributed by atoms with van der Waals surface area (Å²) in [4.78, 5) is 10.7. The summed E-state index contributed by atoms with van der Waals surface area (Å²) < 4.78 is 10.3. The molecule has 7 nitrogen and oxygen atoms in total. The first-order chi connectivity index (χ1) is 9.13. The Kier molecular flexibility index (Phi) is 3.56. The summed E-state index contributed by atoms with van der Waals surface area (Å²) in [5.74, 6) is 0.528. The number of anilines is 2. The highest BCUT2D eigenvalue weighted by Crippen LogP contribution is 2.30. The Bertz CT molecular complexity index is 594. The third kappa shape index (κ3) is 2.76. The molecule has 0 saturated heterocycles. The van der Waals surface area contributed by atoms with Gasteiger partial charge in [-0.3, -0.25) is 5.10 Å². The molecule has 0 spiro atoms. The fourth-order valence-electron chi connectivity index (χ4n) is 1.56. The van der Waals surface area contributed by atoms with Crippen LogP contribution in [-0.2, 0) is 0 Å². The second-order valence-corrected chi connectivity index (χ2v) is 3.67. The SMILES string of the molecule is COc1ccc(Nc2cc(C(=O)O)[nH]n2)cc1OC. The van der Waals surface area contributed by atoms with E-state index in [1.54, 1.807) is 32.4 Å². The van der Waals surface area contributed by atoms with Gasteiger partial charge in [-0.05, 0) is 12.1 Å². The van der Waals surface area contributed by atoms with Crippen LogP contribution in [-0.4, -0.2) is 35.5 Å². The summed E-state index contributed by atoms with van der Waals surface area (Å²) in [7, 11) is 3.09. The summed E-state index contributed by atoms with van der Waals surface area (Å²) in [5.41, 5.74) is 0.726. The van der Waals surface area contributed by atoms with Crippen LogP contribution in [0.4, 0.5) is 11.5 Å². The summed E-state index contributed by atoms with van der Waals surface area (Å²) >= 11 is 0. The van der Waals surface area contributed by atoms with Crippen molar-refractivity contribution in [2.75, 3.05) is 19.5 Å². The van der Waals surface area contributed by atoms with E-state index in [1.807, 2.05) is 0 Å². The van der Waals surface area contributed by atoms with Crippen molar-refractivity contribution in [2.24, 2.45) is 0 Å². The number of benzene rings is 1. The van der Waals surface area contributed by atoms with Crippen molar-refractivity contribution in [3.8, 4) is 11.5 Å². The molecular formula is C12H13N3O4. The number of nitrogens with zero attached hydrogens (tertiary/aromatic N) is 1. The van der Waals surface area contributed by atoms with Gasteiger partial charge >= 0.3 is 5.97 Å². The van der Waals surface area contributed by atoms with Gasteiger partial charge in [0, 0.05) is 17.8 Å². The number of nitrogens with one attached hydrogen (secondary N) is 2. The Morgan fingerprint density at radius 1 is 1.26 bits per heavy atom. The zero-order valence-electron chi connectivity index (χ0n) is 10.4. The Morgan fingerprint density at radius 3 is 2.58 bits per heavy atom. The number of H-pyrrole nitrogens is 1. The van der Waals surface area contributed by atoms with Gasteiger partial charge in [0.25, 0.3) is 0 Å². The molecule has 1 aromatic carbocycles. The Balaban J connectivity index is 2.20. The first-order valence-corrected chi connectivity index (χ1v) is 5.42. The van der Waals surface area contributed by atoms with Crippen LogP contribution in [0.5, 0.6) is 11.5 Å². The van der Waals surface area contributed by atoms with Crippen LogP contribution in [0.15, 0.2) is 24.3 Å². The smallest absolute Gasteiger partial charge is 0.353 e. The molecule has 0 atom stereocenters. The van der Waals surface area contributed by atoms with Crippen LogP contribution < -0.4 is 14.8 Å².